The minimum Gasteiger partial charge on any atom is -0.444 e. The van der Waals surface area contributed by atoms with Crippen LogP contribution >= 0.6 is 0 Å². The summed E-state index contributed by atoms with van der Waals surface area (Å²) in [6, 6.07) is 4.77. The maximum Gasteiger partial charge on any atom is 0.416 e. The highest BCUT2D eigenvalue weighted by molar-refractivity contribution is 5.53. The Labute approximate surface area is 137 Å². The molecule has 1 unspecified atom stereocenters. The zero-order chi connectivity index (χ0) is 17.2. The summed E-state index contributed by atoms with van der Waals surface area (Å²) in [4.78, 5) is 6.57. The van der Waals surface area contributed by atoms with Crippen molar-refractivity contribution in [3.8, 4) is 11.5 Å². The standard InChI is InChI=1S/C17H19F3N2O2/c18-17(19,20)14-5-3-13(4-6-14)16-21-15(11-24-16)9-22-7-1-2-12(8-22)10-23/h3-6,11-12,23H,1-2,7-10H2. The van der Waals surface area contributed by atoms with E-state index in [2.05, 4.69) is 9.88 Å². The Morgan fingerprint density at radius 1 is 1.25 bits per heavy atom. The number of aromatic nitrogens is 1. The van der Waals surface area contributed by atoms with Gasteiger partial charge in [-0.1, -0.05) is 0 Å². The molecule has 24 heavy (non-hydrogen) atoms. The van der Waals surface area contributed by atoms with Gasteiger partial charge in [0.1, 0.15) is 6.26 Å². The molecular formula is C17H19F3N2O2. The lowest BCUT2D eigenvalue weighted by molar-refractivity contribution is -0.137. The van der Waals surface area contributed by atoms with Gasteiger partial charge < -0.3 is 9.52 Å². The molecule has 7 heteroatoms. The fourth-order valence-corrected chi connectivity index (χ4v) is 2.99. The summed E-state index contributed by atoms with van der Waals surface area (Å²) in [5.41, 5.74) is 0.561. The Morgan fingerprint density at radius 2 is 2.00 bits per heavy atom. The third-order valence-electron chi connectivity index (χ3n) is 4.26. The van der Waals surface area contributed by atoms with Crippen molar-refractivity contribution < 1.29 is 22.7 Å². The molecule has 0 spiro atoms. The summed E-state index contributed by atoms with van der Waals surface area (Å²) in [6.07, 6.45) is -0.745. The number of nitrogens with zero attached hydrogens (tertiary/aromatic N) is 2. The van der Waals surface area contributed by atoms with Crippen LogP contribution in [0.25, 0.3) is 11.5 Å². The summed E-state index contributed by atoms with van der Waals surface area (Å²) >= 11 is 0. The van der Waals surface area contributed by atoms with E-state index >= 15 is 0 Å². The summed E-state index contributed by atoms with van der Waals surface area (Å²) in [5, 5.41) is 9.27. The molecule has 0 saturated carbocycles. The van der Waals surface area contributed by atoms with Crippen molar-refractivity contribution in [1.82, 2.24) is 9.88 Å². The molecule has 1 aromatic heterocycles. The quantitative estimate of drug-likeness (QED) is 0.924. The van der Waals surface area contributed by atoms with Crippen LogP contribution in [0.15, 0.2) is 34.9 Å². The maximum absolute atomic E-state index is 12.6. The lowest BCUT2D eigenvalue weighted by Crippen LogP contribution is -2.36. The molecule has 3 rings (SSSR count). The largest absolute Gasteiger partial charge is 0.444 e. The molecule has 0 amide bonds. The molecule has 0 radical (unpaired) electrons. The third kappa shape index (κ3) is 3.96. The number of aliphatic hydroxyl groups excluding tert-OH is 1. The minimum atomic E-state index is -4.35. The molecule has 1 N–H and O–H groups in total. The number of piperidine rings is 1. The van der Waals surface area contributed by atoms with Gasteiger partial charge in [0.25, 0.3) is 0 Å². The first-order valence-electron chi connectivity index (χ1n) is 7.91. The Morgan fingerprint density at radius 3 is 2.67 bits per heavy atom. The highest BCUT2D eigenvalue weighted by Gasteiger charge is 2.30. The number of hydrogen-bond donors (Lipinski definition) is 1. The first-order chi connectivity index (χ1) is 11.5. The molecule has 2 aromatic rings. The molecule has 0 aliphatic carbocycles. The van der Waals surface area contributed by atoms with Crippen LogP contribution in [-0.2, 0) is 12.7 Å². The van der Waals surface area contributed by atoms with Crippen LogP contribution in [0.5, 0.6) is 0 Å². The van der Waals surface area contributed by atoms with Crippen LogP contribution < -0.4 is 0 Å². The van der Waals surface area contributed by atoms with Crippen molar-refractivity contribution in [3.05, 3.63) is 41.8 Å². The van der Waals surface area contributed by atoms with Gasteiger partial charge in [-0.3, -0.25) is 4.90 Å². The SMILES string of the molecule is OCC1CCCN(Cc2coc(-c3ccc(C(F)(F)F)cc3)n2)C1. The highest BCUT2D eigenvalue weighted by Crippen LogP contribution is 2.31. The van der Waals surface area contributed by atoms with Crippen LogP contribution in [-0.4, -0.2) is 34.7 Å². The van der Waals surface area contributed by atoms with E-state index in [4.69, 9.17) is 4.42 Å². The zero-order valence-corrected chi connectivity index (χ0v) is 13.1. The molecule has 1 aliphatic rings. The third-order valence-corrected chi connectivity index (χ3v) is 4.26. The first kappa shape index (κ1) is 17.0. The molecule has 1 aromatic carbocycles. The Hall–Kier alpha value is -1.86. The molecule has 1 saturated heterocycles. The summed E-state index contributed by atoms with van der Waals surface area (Å²) in [6.45, 7) is 2.56. The van der Waals surface area contributed by atoms with E-state index < -0.39 is 11.7 Å². The number of oxazole rings is 1. The number of rotatable bonds is 4. The number of hydrogen-bond acceptors (Lipinski definition) is 4. The van der Waals surface area contributed by atoms with Crippen LogP contribution in [0.4, 0.5) is 13.2 Å². The van der Waals surface area contributed by atoms with E-state index in [0.29, 0.717) is 23.9 Å². The first-order valence-corrected chi connectivity index (χ1v) is 7.91. The normalized spacial score (nSPS) is 19.6. The van der Waals surface area contributed by atoms with Gasteiger partial charge in [-0.2, -0.15) is 13.2 Å². The van der Waals surface area contributed by atoms with Crippen LogP contribution in [0.3, 0.4) is 0 Å². The average molecular weight is 340 g/mol. The Balaban J connectivity index is 1.67. The van der Waals surface area contributed by atoms with Gasteiger partial charge in [0.2, 0.25) is 5.89 Å². The van der Waals surface area contributed by atoms with E-state index in [1.807, 2.05) is 0 Å². The molecule has 4 nitrogen and oxygen atoms in total. The predicted molar refractivity (Wildman–Crippen MR) is 82.0 cm³/mol. The fraction of sp³-hybridized carbons (Fsp3) is 0.471. The van der Waals surface area contributed by atoms with E-state index in [1.165, 1.54) is 18.4 Å². The van der Waals surface area contributed by atoms with Crippen molar-refractivity contribution in [1.29, 1.82) is 0 Å². The van der Waals surface area contributed by atoms with Crippen LogP contribution in [0.2, 0.25) is 0 Å². The maximum atomic E-state index is 12.6. The second-order valence-corrected chi connectivity index (χ2v) is 6.15. The minimum absolute atomic E-state index is 0.187. The van der Waals surface area contributed by atoms with Gasteiger partial charge in [-0.15, -0.1) is 0 Å². The number of aliphatic hydroxyl groups is 1. The number of halogens is 3. The van der Waals surface area contributed by atoms with Gasteiger partial charge >= 0.3 is 6.18 Å². The van der Waals surface area contributed by atoms with Crippen molar-refractivity contribution >= 4 is 0 Å². The number of alkyl halides is 3. The fourth-order valence-electron chi connectivity index (χ4n) is 2.99. The Kier molecular flexibility index (Phi) is 4.91. The number of benzene rings is 1. The van der Waals surface area contributed by atoms with Crippen molar-refractivity contribution in [2.75, 3.05) is 19.7 Å². The molecule has 1 aliphatic heterocycles. The van der Waals surface area contributed by atoms with Gasteiger partial charge in [0.15, 0.2) is 0 Å². The van der Waals surface area contributed by atoms with Crippen molar-refractivity contribution in [2.24, 2.45) is 5.92 Å². The van der Waals surface area contributed by atoms with E-state index in [1.54, 1.807) is 0 Å². The van der Waals surface area contributed by atoms with Crippen molar-refractivity contribution in [3.63, 3.8) is 0 Å². The van der Waals surface area contributed by atoms with Gasteiger partial charge in [0, 0.05) is 25.3 Å². The molecule has 130 valence electrons. The zero-order valence-electron chi connectivity index (χ0n) is 13.1. The van der Waals surface area contributed by atoms with Gasteiger partial charge in [0.05, 0.1) is 11.3 Å². The molecular weight excluding hydrogens is 321 g/mol. The molecule has 0 bridgehead atoms. The average Bonchev–Trinajstić information content (AvgIpc) is 3.03. The monoisotopic (exact) mass is 340 g/mol. The van der Waals surface area contributed by atoms with E-state index in [-0.39, 0.29) is 6.61 Å². The highest BCUT2D eigenvalue weighted by atomic mass is 19.4. The smallest absolute Gasteiger partial charge is 0.416 e. The molecule has 2 heterocycles. The van der Waals surface area contributed by atoms with E-state index in [0.717, 1.165) is 43.8 Å². The summed E-state index contributed by atoms with van der Waals surface area (Å²) in [7, 11) is 0. The topological polar surface area (TPSA) is 49.5 Å². The van der Waals surface area contributed by atoms with Crippen LogP contribution in [0.1, 0.15) is 24.1 Å². The Bertz CT molecular complexity index is 667. The number of likely N-dealkylation sites (tertiary alicyclic amines) is 1. The summed E-state index contributed by atoms with van der Waals surface area (Å²) in [5.74, 6) is 0.606. The van der Waals surface area contributed by atoms with Crippen molar-refractivity contribution in [2.45, 2.75) is 25.6 Å². The lowest BCUT2D eigenvalue weighted by Gasteiger charge is -2.30. The second-order valence-electron chi connectivity index (χ2n) is 6.15. The predicted octanol–water partition coefficient (Wildman–Crippen LogP) is 3.56. The van der Waals surface area contributed by atoms with Gasteiger partial charge in [-0.25, -0.2) is 4.98 Å². The molecule has 1 atom stereocenters. The molecule has 1 fully saturated rings. The second kappa shape index (κ2) is 6.94. The van der Waals surface area contributed by atoms with Gasteiger partial charge in [-0.05, 0) is 49.6 Å². The lowest BCUT2D eigenvalue weighted by atomic mass is 9.99. The summed E-state index contributed by atoms with van der Waals surface area (Å²) < 4.78 is 43.2. The van der Waals surface area contributed by atoms with Crippen LogP contribution in [0, 0.1) is 5.92 Å². The van der Waals surface area contributed by atoms with E-state index in [9.17, 15) is 18.3 Å².